The summed E-state index contributed by atoms with van der Waals surface area (Å²) < 4.78 is 0. The van der Waals surface area contributed by atoms with Gasteiger partial charge in [-0.15, -0.1) is 0 Å². The Balaban J connectivity index is 2.67. The molecule has 0 radical (unpaired) electrons. The summed E-state index contributed by atoms with van der Waals surface area (Å²) in [6.45, 7) is 2.20. The number of ketones is 4. The Morgan fingerprint density at radius 3 is 1.17 bits per heavy atom. The van der Waals surface area contributed by atoms with Crippen molar-refractivity contribution in [2.75, 3.05) is 0 Å². The van der Waals surface area contributed by atoms with E-state index in [9.17, 15) is 19.2 Å². The second-order valence-electron chi connectivity index (χ2n) is 5.25. The Hall–Kier alpha value is -2.88. The van der Waals surface area contributed by atoms with Gasteiger partial charge in [0.05, 0.1) is 0 Å². The molecule has 0 aliphatic heterocycles. The Labute approximate surface area is 134 Å². The van der Waals surface area contributed by atoms with Gasteiger partial charge in [0.2, 0.25) is 5.41 Å². The fourth-order valence-electron chi connectivity index (χ4n) is 2.60. The van der Waals surface area contributed by atoms with Crippen LogP contribution in [0.1, 0.15) is 34.6 Å². The predicted octanol–water partition coefficient (Wildman–Crippen LogP) is 2.92. The van der Waals surface area contributed by atoms with E-state index in [0.717, 1.165) is 13.8 Å². The molecule has 0 atom stereocenters. The van der Waals surface area contributed by atoms with Gasteiger partial charge in [-0.2, -0.15) is 0 Å². The standard InChI is InChI=1S/C19H16O4/c1-13(20)19(14(2)21,17(22)15-9-5-3-6-10-15)18(23)16-11-7-4-8-12-16/h3-12H,1-2H3. The molecular formula is C19H16O4. The van der Waals surface area contributed by atoms with Gasteiger partial charge in [-0.25, -0.2) is 0 Å². The van der Waals surface area contributed by atoms with Crippen molar-refractivity contribution in [2.45, 2.75) is 13.8 Å². The maximum absolute atomic E-state index is 12.9. The molecule has 116 valence electrons. The molecule has 0 bridgehead atoms. The smallest absolute Gasteiger partial charge is 0.211 e. The average Bonchev–Trinajstić information content (AvgIpc) is 2.56. The summed E-state index contributed by atoms with van der Waals surface area (Å²) in [5, 5.41) is 0. The number of benzene rings is 2. The van der Waals surface area contributed by atoms with Crippen LogP contribution >= 0.6 is 0 Å². The van der Waals surface area contributed by atoms with Crippen LogP contribution in [0.5, 0.6) is 0 Å². The van der Waals surface area contributed by atoms with Gasteiger partial charge in [0, 0.05) is 11.1 Å². The first-order valence-electron chi connectivity index (χ1n) is 7.14. The van der Waals surface area contributed by atoms with Crippen LogP contribution in [0.2, 0.25) is 0 Å². The van der Waals surface area contributed by atoms with E-state index in [4.69, 9.17) is 0 Å². The highest BCUT2D eigenvalue weighted by Gasteiger charge is 2.54. The zero-order valence-corrected chi connectivity index (χ0v) is 12.9. The average molecular weight is 308 g/mol. The highest BCUT2D eigenvalue weighted by atomic mass is 16.2. The summed E-state index contributed by atoms with van der Waals surface area (Å²) in [5.74, 6) is -3.11. The number of carbonyl (C=O) groups is 4. The van der Waals surface area contributed by atoms with Crippen LogP contribution in [0.4, 0.5) is 0 Å². The lowest BCUT2D eigenvalue weighted by Crippen LogP contribution is -2.50. The van der Waals surface area contributed by atoms with Crippen LogP contribution in [-0.2, 0) is 9.59 Å². The largest absolute Gasteiger partial charge is 0.298 e. The zero-order valence-electron chi connectivity index (χ0n) is 12.9. The lowest BCUT2D eigenvalue weighted by atomic mass is 9.69. The Morgan fingerprint density at radius 2 is 0.913 bits per heavy atom. The van der Waals surface area contributed by atoms with Crippen molar-refractivity contribution < 1.29 is 19.2 Å². The Kier molecular flexibility index (Phi) is 4.65. The van der Waals surface area contributed by atoms with Gasteiger partial charge in [-0.1, -0.05) is 60.7 Å². The molecule has 0 aromatic heterocycles. The first kappa shape index (κ1) is 16.5. The first-order chi connectivity index (χ1) is 10.9. The maximum atomic E-state index is 12.9. The van der Waals surface area contributed by atoms with E-state index in [1.165, 1.54) is 24.3 Å². The summed E-state index contributed by atoms with van der Waals surface area (Å²) in [6, 6.07) is 15.8. The minimum absolute atomic E-state index is 0.155. The van der Waals surface area contributed by atoms with Gasteiger partial charge < -0.3 is 0 Å². The SMILES string of the molecule is CC(=O)C(C(C)=O)(C(=O)c1ccccc1)C(=O)c1ccccc1. The fourth-order valence-corrected chi connectivity index (χ4v) is 2.60. The van der Waals surface area contributed by atoms with Crippen LogP contribution in [-0.4, -0.2) is 23.1 Å². The molecular weight excluding hydrogens is 292 g/mol. The quantitative estimate of drug-likeness (QED) is 0.608. The molecule has 0 fully saturated rings. The molecule has 0 saturated heterocycles. The number of rotatable bonds is 6. The third-order valence-electron chi connectivity index (χ3n) is 3.81. The van der Waals surface area contributed by atoms with E-state index in [2.05, 4.69) is 0 Å². The molecule has 4 heteroatoms. The van der Waals surface area contributed by atoms with E-state index in [1.807, 2.05) is 0 Å². The molecule has 0 aliphatic rings. The van der Waals surface area contributed by atoms with E-state index in [0.29, 0.717) is 0 Å². The first-order valence-corrected chi connectivity index (χ1v) is 7.14. The molecule has 0 amide bonds. The van der Waals surface area contributed by atoms with Crippen LogP contribution in [0.25, 0.3) is 0 Å². The molecule has 2 aromatic rings. The topological polar surface area (TPSA) is 68.3 Å². The Bertz CT molecular complexity index is 693. The summed E-state index contributed by atoms with van der Waals surface area (Å²) in [7, 11) is 0. The van der Waals surface area contributed by atoms with Crippen molar-refractivity contribution in [3.8, 4) is 0 Å². The summed E-state index contributed by atoms with van der Waals surface area (Å²) >= 11 is 0. The summed E-state index contributed by atoms with van der Waals surface area (Å²) in [4.78, 5) is 50.4. The van der Waals surface area contributed by atoms with Crippen molar-refractivity contribution >= 4 is 23.1 Å². The molecule has 0 N–H and O–H groups in total. The number of carbonyl (C=O) groups excluding carboxylic acids is 4. The number of hydrogen-bond acceptors (Lipinski definition) is 4. The van der Waals surface area contributed by atoms with Gasteiger partial charge in [0.15, 0.2) is 23.1 Å². The van der Waals surface area contributed by atoms with Crippen molar-refractivity contribution in [1.29, 1.82) is 0 Å². The van der Waals surface area contributed by atoms with Crippen LogP contribution < -0.4 is 0 Å². The van der Waals surface area contributed by atoms with Crippen molar-refractivity contribution in [3.63, 3.8) is 0 Å². The van der Waals surface area contributed by atoms with Gasteiger partial charge in [-0.3, -0.25) is 19.2 Å². The van der Waals surface area contributed by atoms with Gasteiger partial charge in [0.1, 0.15) is 0 Å². The highest BCUT2D eigenvalue weighted by molar-refractivity contribution is 6.43. The fraction of sp³-hybridized carbons (Fsp3) is 0.158. The number of hydrogen-bond donors (Lipinski definition) is 0. The van der Waals surface area contributed by atoms with Gasteiger partial charge in [-0.05, 0) is 13.8 Å². The molecule has 4 nitrogen and oxygen atoms in total. The Morgan fingerprint density at radius 1 is 0.609 bits per heavy atom. The number of Topliss-reactive ketones (excluding diaryl/α,β-unsaturated/α-hetero) is 4. The summed E-state index contributed by atoms with van der Waals surface area (Å²) in [6.07, 6.45) is 0. The third-order valence-corrected chi connectivity index (χ3v) is 3.81. The van der Waals surface area contributed by atoms with Crippen molar-refractivity contribution in [2.24, 2.45) is 5.41 Å². The van der Waals surface area contributed by atoms with E-state index < -0.39 is 28.5 Å². The second-order valence-corrected chi connectivity index (χ2v) is 5.25. The lowest BCUT2D eigenvalue weighted by molar-refractivity contribution is -0.132. The molecule has 23 heavy (non-hydrogen) atoms. The maximum Gasteiger partial charge on any atom is 0.211 e. The third kappa shape index (κ3) is 2.75. The molecule has 0 aliphatic carbocycles. The molecule has 2 aromatic carbocycles. The van der Waals surface area contributed by atoms with Crippen LogP contribution in [0.3, 0.4) is 0 Å². The van der Waals surface area contributed by atoms with Crippen molar-refractivity contribution in [1.82, 2.24) is 0 Å². The van der Waals surface area contributed by atoms with E-state index >= 15 is 0 Å². The van der Waals surface area contributed by atoms with Gasteiger partial charge in [0.25, 0.3) is 0 Å². The molecule has 0 saturated carbocycles. The second kappa shape index (κ2) is 6.48. The normalized spacial score (nSPS) is 10.9. The summed E-state index contributed by atoms with van der Waals surface area (Å²) in [5.41, 5.74) is -2.02. The molecule has 0 unspecified atom stereocenters. The monoisotopic (exact) mass is 308 g/mol. The predicted molar refractivity (Wildman–Crippen MR) is 85.3 cm³/mol. The van der Waals surface area contributed by atoms with Crippen molar-refractivity contribution in [3.05, 3.63) is 71.8 Å². The minimum Gasteiger partial charge on any atom is -0.298 e. The lowest BCUT2D eigenvalue weighted by Gasteiger charge is -2.25. The van der Waals surface area contributed by atoms with Crippen LogP contribution in [0, 0.1) is 5.41 Å². The highest BCUT2D eigenvalue weighted by Crippen LogP contribution is 2.30. The van der Waals surface area contributed by atoms with E-state index in [1.54, 1.807) is 36.4 Å². The minimum atomic E-state index is -2.33. The van der Waals surface area contributed by atoms with Crippen LogP contribution in [0.15, 0.2) is 60.7 Å². The molecule has 0 spiro atoms. The molecule has 2 rings (SSSR count). The van der Waals surface area contributed by atoms with Gasteiger partial charge >= 0.3 is 0 Å². The van der Waals surface area contributed by atoms with E-state index in [-0.39, 0.29) is 11.1 Å². The zero-order chi connectivity index (χ0) is 17.0. The molecule has 0 heterocycles.